The third kappa shape index (κ3) is 5.32. The van der Waals surface area contributed by atoms with E-state index in [1.165, 1.54) is 0 Å². The fraction of sp³-hybridized carbons (Fsp3) is 0.562. The number of amides is 1. The molecule has 124 valence electrons. The fourth-order valence-electron chi connectivity index (χ4n) is 2.30. The second-order valence-corrected chi connectivity index (χ2v) is 7.15. The number of thiocyanates is 1. The maximum Gasteiger partial charge on any atom is 0.410 e. The molecule has 0 bridgehead atoms. The molecule has 1 aromatic rings. The van der Waals surface area contributed by atoms with Crippen LogP contribution in [0.2, 0.25) is 0 Å². The smallest absolute Gasteiger partial charge is 0.410 e. The number of ether oxygens (including phenoxy) is 2. The van der Waals surface area contributed by atoms with Crippen LogP contribution in [0, 0.1) is 10.7 Å². The zero-order valence-electron chi connectivity index (χ0n) is 13.6. The van der Waals surface area contributed by atoms with Gasteiger partial charge in [0.25, 0.3) is 0 Å². The molecule has 0 aromatic carbocycles. The lowest BCUT2D eigenvalue weighted by atomic mass is 10.1. The summed E-state index contributed by atoms with van der Waals surface area (Å²) in [4.78, 5) is 18.5. The van der Waals surface area contributed by atoms with Crippen molar-refractivity contribution in [2.75, 3.05) is 13.1 Å². The van der Waals surface area contributed by atoms with E-state index in [0.29, 0.717) is 23.7 Å². The van der Waals surface area contributed by atoms with Crippen molar-refractivity contribution in [3.05, 3.63) is 18.5 Å². The van der Waals surface area contributed by atoms with Crippen molar-refractivity contribution in [2.45, 2.75) is 50.2 Å². The minimum Gasteiger partial charge on any atom is -0.487 e. The van der Waals surface area contributed by atoms with Crippen molar-refractivity contribution in [3.63, 3.8) is 0 Å². The summed E-state index contributed by atoms with van der Waals surface area (Å²) in [6, 6.07) is 1.74. The lowest BCUT2D eigenvalue weighted by molar-refractivity contribution is 0.00743. The highest BCUT2D eigenvalue weighted by molar-refractivity contribution is 8.03. The number of pyridine rings is 1. The first-order chi connectivity index (χ1) is 10.9. The van der Waals surface area contributed by atoms with Crippen LogP contribution in [0.15, 0.2) is 23.4 Å². The van der Waals surface area contributed by atoms with Gasteiger partial charge in [-0.3, -0.25) is 4.98 Å². The molecular weight excluding hydrogens is 314 g/mol. The van der Waals surface area contributed by atoms with Crippen LogP contribution < -0.4 is 4.74 Å². The van der Waals surface area contributed by atoms with Crippen LogP contribution in [-0.4, -0.2) is 40.8 Å². The molecule has 1 amide bonds. The number of hydrogen-bond donors (Lipinski definition) is 0. The number of piperidine rings is 1. The molecule has 0 N–H and O–H groups in total. The highest BCUT2D eigenvalue weighted by atomic mass is 32.2. The van der Waals surface area contributed by atoms with E-state index in [0.717, 1.165) is 24.6 Å². The Hall–Kier alpha value is -1.94. The van der Waals surface area contributed by atoms with Crippen LogP contribution in [0.4, 0.5) is 4.79 Å². The van der Waals surface area contributed by atoms with Crippen LogP contribution in [0.5, 0.6) is 5.75 Å². The summed E-state index contributed by atoms with van der Waals surface area (Å²) in [6.45, 7) is 6.71. The van der Waals surface area contributed by atoms with Gasteiger partial charge in [-0.25, -0.2) is 4.79 Å². The van der Waals surface area contributed by atoms with E-state index in [-0.39, 0.29) is 12.2 Å². The largest absolute Gasteiger partial charge is 0.487 e. The first-order valence-electron chi connectivity index (χ1n) is 7.53. The summed E-state index contributed by atoms with van der Waals surface area (Å²) < 4.78 is 11.4. The lowest BCUT2D eigenvalue weighted by Gasteiger charge is -2.34. The first kappa shape index (κ1) is 17.4. The Morgan fingerprint density at radius 1 is 1.52 bits per heavy atom. The van der Waals surface area contributed by atoms with Crippen LogP contribution in [0.3, 0.4) is 0 Å². The minimum atomic E-state index is -0.507. The summed E-state index contributed by atoms with van der Waals surface area (Å²) in [5, 5.41) is 10.9. The number of nitriles is 1. The van der Waals surface area contributed by atoms with Gasteiger partial charge >= 0.3 is 6.09 Å². The Labute approximate surface area is 140 Å². The number of aromatic nitrogens is 1. The van der Waals surface area contributed by atoms with Crippen LogP contribution >= 0.6 is 11.8 Å². The molecule has 7 heteroatoms. The summed E-state index contributed by atoms with van der Waals surface area (Å²) in [6.07, 6.45) is 4.53. The van der Waals surface area contributed by atoms with E-state index in [1.807, 2.05) is 26.2 Å². The maximum atomic E-state index is 12.2. The van der Waals surface area contributed by atoms with Gasteiger partial charge in [-0.2, -0.15) is 5.26 Å². The Bertz CT molecular complexity index is 595. The van der Waals surface area contributed by atoms with Crippen LogP contribution in [0.25, 0.3) is 0 Å². The van der Waals surface area contributed by atoms with E-state index >= 15 is 0 Å². The van der Waals surface area contributed by atoms with Gasteiger partial charge in [0.2, 0.25) is 0 Å². The molecule has 1 saturated heterocycles. The summed E-state index contributed by atoms with van der Waals surface area (Å²) in [7, 11) is 0. The average Bonchev–Trinajstić information content (AvgIpc) is 2.48. The number of nitrogens with zero attached hydrogens (tertiary/aromatic N) is 3. The summed E-state index contributed by atoms with van der Waals surface area (Å²) in [5.41, 5.74) is -0.507. The third-order valence-electron chi connectivity index (χ3n) is 3.23. The molecule has 1 fully saturated rings. The van der Waals surface area contributed by atoms with E-state index in [2.05, 4.69) is 4.98 Å². The van der Waals surface area contributed by atoms with E-state index in [9.17, 15) is 4.79 Å². The number of thioether (sulfide) groups is 1. The average molecular weight is 335 g/mol. The van der Waals surface area contributed by atoms with Gasteiger partial charge in [-0.05, 0) is 51.4 Å². The van der Waals surface area contributed by atoms with E-state index in [1.54, 1.807) is 23.4 Å². The molecule has 2 rings (SSSR count). The van der Waals surface area contributed by atoms with Gasteiger partial charge < -0.3 is 14.4 Å². The zero-order valence-corrected chi connectivity index (χ0v) is 14.4. The number of carbonyl (C=O) groups excluding carboxylic acids is 1. The predicted molar refractivity (Wildman–Crippen MR) is 87.2 cm³/mol. The molecule has 0 aliphatic carbocycles. The number of likely N-dealkylation sites (tertiary alicyclic amines) is 1. The molecule has 2 heterocycles. The summed E-state index contributed by atoms with van der Waals surface area (Å²) in [5.74, 6) is 0.627. The second kappa shape index (κ2) is 7.55. The quantitative estimate of drug-likeness (QED) is 0.622. The van der Waals surface area contributed by atoms with Gasteiger partial charge in [0, 0.05) is 18.9 Å². The highest BCUT2D eigenvalue weighted by Crippen LogP contribution is 2.29. The maximum absolute atomic E-state index is 12.2. The molecular formula is C16H21N3O3S. The Balaban J connectivity index is 1.99. The second-order valence-electron chi connectivity index (χ2n) is 6.32. The van der Waals surface area contributed by atoms with E-state index in [4.69, 9.17) is 14.7 Å². The zero-order chi connectivity index (χ0) is 16.9. The van der Waals surface area contributed by atoms with Crippen molar-refractivity contribution in [2.24, 2.45) is 0 Å². The van der Waals surface area contributed by atoms with Crippen LogP contribution in [0.1, 0.15) is 33.6 Å². The van der Waals surface area contributed by atoms with E-state index < -0.39 is 5.60 Å². The van der Waals surface area contributed by atoms with Gasteiger partial charge in [0.15, 0.2) is 0 Å². The Morgan fingerprint density at radius 3 is 3.00 bits per heavy atom. The third-order valence-corrected chi connectivity index (χ3v) is 3.84. The lowest BCUT2D eigenvalue weighted by Crippen LogP contribution is -2.46. The van der Waals surface area contributed by atoms with Crippen molar-refractivity contribution >= 4 is 17.9 Å². The summed E-state index contributed by atoms with van der Waals surface area (Å²) >= 11 is 1.02. The first-order valence-corrected chi connectivity index (χ1v) is 8.35. The normalized spacial score (nSPS) is 18.2. The molecule has 0 spiro atoms. The standard InChI is InChI=1S/C16H21N3O3S/c1-16(2,3)22-15(20)19-8-4-5-12(10-19)21-13-6-7-18-9-14(13)23-11-17/h6-7,9,12H,4-5,8,10H2,1-3H3. The number of carbonyl (C=O) groups is 1. The monoisotopic (exact) mass is 335 g/mol. The molecule has 1 unspecified atom stereocenters. The number of hydrogen-bond acceptors (Lipinski definition) is 6. The topological polar surface area (TPSA) is 75.4 Å². The SMILES string of the molecule is CC(C)(C)OC(=O)N1CCCC(Oc2ccncc2SC#N)C1. The molecule has 1 aromatic heterocycles. The Morgan fingerprint density at radius 2 is 2.30 bits per heavy atom. The molecule has 1 atom stereocenters. The fourth-order valence-corrected chi connectivity index (χ4v) is 2.73. The van der Waals surface area contributed by atoms with Crippen LogP contribution in [-0.2, 0) is 4.74 Å². The highest BCUT2D eigenvalue weighted by Gasteiger charge is 2.28. The van der Waals surface area contributed by atoms with Crippen molar-refractivity contribution in [1.29, 1.82) is 5.26 Å². The van der Waals surface area contributed by atoms with Crippen molar-refractivity contribution in [3.8, 4) is 11.2 Å². The van der Waals surface area contributed by atoms with Crippen molar-refractivity contribution in [1.82, 2.24) is 9.88 Å². The molecule has 0 radical (unpaired) electrons. The number of rotatable bonds is 3. The van der Waals surface area contributed by atoms with Crippen molar-refractivity contribution < 1.29 is 14.3 Å². The van der Waals surface area contributed by atoms with Gasteiger partial charge in [0.05, 0.1) is 11.4 Å². The predicted octanol–water partition coefficient (Wildman–Crippen LogP) is 3.43. The molecule has 1 aliphatic rings. The molecule has 6 nitrogen and oxygen atoms in total. The van der Waals surface area contributed by atoms with Gasteiger partial charge in [-0.1, -0.05) is 0 Å². The van der Waals surface area contributed by atoms with Gasteiger partial charge in [-0.15, -0.1) is 0 Å². The van der Waals surface area contributed by atoms with Gasteiger partial charge in [0.1, 0.15) is 22.9 Å². The Kier molecular flexibility index (Phi) is 5.72. The minimum absolute atomic E-state index is 0.114. The molecule has 0 saturated carbocycles. The molecule has 1 aliphatic heterocycles. The molecule has 23 heavy (non-hydrogen) atoms.